The minimum absolute atomic E-state index is 0.0573. The molecule has 0 spiro atoms. The fourth-order valence-corrected chi connectivity index (χ4v) is 3.44. The average molecular weight is 328 g/mol. The SMILES string of the molecule is O=C(NCc1ccco1)[C@@H]1C[C@H]2CCN(c3ncccn3)C[C@@H]2O1. The van der Waals surface area contributed by atoms with Crippen molar-refractivity contribution < 1.29 is 13.9 Å². The maximum Gasteiger partial charge on any atom is 0.249 e. The largest absolute Gasteiger partial charge is 0.467 e. The van der Waals surface area contributed by atoms with Crippen molar-refractivity contribution in [3.63, 3.8) is 0 Å². The fourth-order valence-electron chi connectivity index (χ4n) is 3.44. The summed E-state index contributed by atoms with van der Waals surface area (Å²) < 4.78 is 11.2. The lowest BCUT2D eigenvalue weighted by atomic mass is 9.92. The lowest BCUT2D eigenvalue weighted by molar-refractivity contribution is -0.132. The zero-order valence-electron chi connectivity index (χ0n) is 13.3. The molecule has 2 aliphatic rings. The van der Waals surface area contributed by atoms with Crippen molar-refractivity contribution in [3.8, 4) is 0 Å². The number of amides is 1. The number of furan rings is 1. The van der Waals surface area contributed by atoms with E-state index in [1.54, 1.807) is 18.7 Å². The number of rotatable bonds is 4. The number of hydrogen-bond acceptors (Lipinski definition) is 6. The molecule has 0 radical (unpaired) electrons. The number of carbonyl (C=O) groups is 1. The molecule has 24 heavy (non-hydrogen) atoms. The van der Waals surface area contributed by atoms with Gasteiger partial charge in [-0.25, -0.2) is 9.97 Å². The minimum atomic E-state index is -0.383. The Balaban J connectivity index is 1.33. The van der Waals surface area contributed by atoms with E-state index in [0.717, 1.165) is 37.6 Å². The van der Waals surface area contributed by atoms with Crippen LogP contribution in [0.3, 0.4) is 0 Å². The van der Waals surface area contributed by atoms with E-state index < -0.39 is 0 Å². The summed E-state index contributed by atoms with van der Waals surface area (Å²) in [5.41, 5.74) is 0. The molecule has 2 fully saturated rings. The zero-order valence-corrected chi connectivity index (χ0v) is 13.3. The van der Waals surface area contributed by atoms with Gasteiger partial charge in [0.05, 0.1) is 18.9 Å². The van der Waals surface area contributed by atoms with Gasteiger partial charge in [-0.2, -0.15) is 0 Å². The van der Waals surface area contributed by atoms with Gasteiger partial charge in [0, 0.05) is 25.5 Å². The molecule has 1 N–H and O–H groups in total. The smallest absolute Gasteiger partial charge is 0.249 e. The molecule has 0 unspecified atom stereocenters. The van der Waals surface area contributed by atoms with Gasteiger partial charge in [-0.05, 0) is 37.0 Å². The monoisotopic (exact) mass is 328 g/mol. The molecule has 7 nitrogen and oxygen atoms in total. The Morgan fingerprint density at radius 1 is 1.33 bits per heavy atom. The number of anilines is 1. The summed E-state index contributed by atoms with van der Waals surface area (Å²) >= 11 is 0. The highest BCUT2D eigenvalue weighted by Gasteiger charge is 2.42. The van der Waals surface area contributed by atoms with Crippen molar-refractivity contribution in [1.29, 1.82) is 0 Å². The first kappa shape index (κ1) is 15.1. The van der Waals surface area contributed by atoms with Crippen molar-refractivity contribution >= 4 is 11.9 Å². The number of fused-ring (bicyclic) bond motifs is 1. The van der Waals surface area contributed by atoms with E-state index in [-0.39, 0.29) is 18.1 Å². The molecule has 3 atom stereocenters. The summed E-state index contributed by atoms with van der Waals surface area (Å²) in [6.45, 7) is 2.02. The molecule has 0 aliphatic carbocycles. The molecule has 0 bridgehead atoms. The second kappa shape index (κ2) is 6.60. The molecule has 0 saturated carbocycles. The first-order chi connectivity index (χ1) is 11.8. The van der Waals surface area contributed by atoms with Crippen LogP contribution in [-0.4, -0.2) is 41.2 Å². The predicted molar refractivity (Wildman–Crippen MR) is 86.2 cm³/mol. The third-order valence-electron chi connectivity index (χ3n) is 4.70. The van der Waals surface area contributed by atoms with Crippen molar-refractivity contribution in [1.82, 2.24) is 15.3 Å². The number of nitrogens with one attached hydrogen (secondary N) is 1. The van der Waals surface area contributed by atoms with Crippen LogP contribution in [-0.2, 0) is 16.1 Å². The van der Waals surface area contributed by atoms with Gasteiger partial charge in [0.15, 0.2) is 0 Å². The Bertz CT molecular complexity index is 676. The van der Waals surface area contributed by atoms with E-state index in [1.807, 2.05) is 18.2 Å². The molecule has 7 heteroatoms. The molecule has 4 heterocycles. The molecular formula is C17H20N4O3. The summed E-state index contributed by atoms with van der Waals surface area (Å²) in [6, 6.07) is 5.46. The third-order valence-corrected chi connectivity index (χ3v) is 4.70. The van der Waals surface area contributed by atoms with E-state index in [9.17, 15) is 4.79 Å². The first-order valence-electron chi connectivity index (χ1n) is 8.27. The zero-order chi connectivity index (χ0) is 16.4. The van der Waals surface area contributed by atoms with Gasteiger partial charge < -0.3 is 19.4 Å². The van der Waals surface area contributed by atoms with Crippen LogP contribution in [0.15, 0.2) is 41.3 Å². The molecule has 2 aliphatic heterocycles. The summed E-state index contributed by atoms with van der Waals surface area (Å²) in [5.74, 6) is 1.82. The first-order valence-corrected chi connectivity index (χ1v) is 8.27. The van der Waals surface area contributed by atoms with Crippen molar-refractivity contribution in [2.45, 2.75) is 31.6 Å². The molecule has 2 aromatic rings. The minimum Gasteiger partial charge on any atom is -0.467 e. The van der Waals surface area contributed by atoms with Crippen molar-refractivity contribution in [2.75, 3.05) is 18.0 Å². The Kier molecular flexibility index (Phi) is 4.17. The average Bonchev–Trinajstić information content (AvgIpc) is 3.29. The van der Waals surface area contributed by atoms with Gasteiger partial charge >= 0.3 is 0 Å². The van der Waals surface area contributed by atoms with Crippen LogP contribution in [0.25, 0.3) is 0 Å². The summed E-state index contributed by atoms with van der Waals surface area (Å²) in [6.07, 6.45) is 6.53. The van der Waals surface area contributed by atoms with E-state index >= 15 is 0 Å². The highest BCUT2D eigenvalue weighted by Crippen LogP contribution is 2.34. The van der Waals surface area contributed by atoms with Crippen LogP contribution in [0, 0.1) is 5.92 Å². The molecule has 0 aromatic carbocycles. The number of aromatic nitrogens is 2. The second-order valence-electron chi connectivity index (χ2n) is 6.24. The lowest BCUT2D eigenvalue weighted by Crippen LogP contribution is -2.43. The Morgan fingerprint density at radius 2 is 2.21 bits per heavy atom. The summed E-state index contributed by atoms with van der Waals surface area (Å²) in [5, 5.41) is 2.88. The van der Waals surface area contributed by atoms with Gasteiger partial charge in [0.2, 0.25) is 11.9 Å². The van der Waals surface area contributed by atoms with E-state index in [0.29, 0.717) is 12.5 Å². The number of piperidine rings is 1. The van der Waals surface area contributed by atoms with Gasteiger partial charge in [-0.1, -0.05) is 0 Å². The standard InChI is InChI=1S/C17H20N4O3/c22-16(20-10-13-3-1-8-23-13)14-9-12-4-7-21(11-15(12)24-14)17-18-5-2-6-19-17/h1-3,5-6,8,12,14-15H,4,7,9-11H2,(H,20,22)/t12-,14+,15+/m1/s1. The number of carbonyl (C=O) groups excluding carboxylic acids is 1. The van der Waals surface area contributed by atoms with Crippen LogP contribution in [0.1, 0.15) is 18.6 Å². The molecule has 1 amide bonds. The molecule has 126 valence electrons. The number of ether oxygens (including phenoxy) is 1. The normalized spacial score (nSPS) is 26.2. The van der Waals surface area contributed by atoms with Crippen LogP contribution in [0.4, 0.5) is 5.95 Å². The van der Waals surface area contributed by atoms with Gasteiger partial charge in [0.25, 0.3) is 0 Å². The number of nitrogens with zero attached hydrogens (tertiary/aromatic N) is 3. The molecule has 2 aromatic heterocycles. The third kappa shape index (κ3) is 3.12. The van der Waals surface area contributed by atoms with Crippen molar-refractivity contribution in [3.05, 3.63) is 42.6 Å². The van der Waals surface area contributed by atoms with Gasteiger partial charge in [-0.3, -0.25) is 4.79 Å². The molecule has 2 saturated heterocycles. The van der Waals surface area contributed by atoms with Crippen LogP contribution in [0.5, 0.6) is 0 Å². The topological polar surface area (TPSA) is 80.5 Å². The second-order valence-corrected chi connectivity index (χ2v) is 6.24. The molecular weight excluding hydrogens is 308 g/mol. The van der Waals surface area contributed by atoms with E-state index in [2.05, 4.69) is 20.2 Å². The summed E-state index contributed by atoms with van der Waals surface area (Å²) in [4.78, 5) is 23.0. The van der Waals surface area contributed by atoms with E-state index in [4.69, 9.17) is 9.15 Å². The van der Waals surface area contributed by atoms with Gasteiger partial charge in [0.1, 0.15) is 11.9 Å². The van der Waals surface area contributed by atoms with Crippen molar-refractivity contribution in [2.24, 2.45) is 5.92 Å². The quantitative estimate of drug-likeness (QED) is 0.913. The highest BCUT2D eigenvalue weighted by molar-refractivity contribution is 5.81. The van der Waals surface area contributed by atoms with E-state index in [1.165, 1.54) is 0 Å². The maximum atomic E-state index is 12.3. The molecule has 4 rings (SSSR count). The predicted octanol–water partition coefficient (Wildman–Crippen LogP) is 1.37. The van der Waals surface area contributed by atoms with Crippen LogP contribution >= 0.6 is 0 Å². The fraction of sp³-hybridized carbons (Fsp3) is 0.471. The van der Waals surface area contributed by atoms with Gasteiger partial charge in [-0.15, -0.1) is 0 Å². The maximum absolute atomic E-state index is 12.3. The van der Waals surface area contributed by atoms with Crippen LogP contribution < -0.4 is 10.2 Å². The summed E-state index contributed by atoms with van der Waals surface area (Å²) in [7, 11) is 0. The Labute approximate surface area is 140 Å². The highest BCUT2D eigenvalue weighted by atomic mass is 16.5. The lowest BCUT2D eigenvalue weighted by Gasteiger charge is -2.33. The Morgan fingerprint density at radius 3 is 3.00 bits per heavy atom. The Hall–Kier alpha value is -2.41. The van der Waals surface area contributed by atoms with Crippen LogP contribution in [0.2, 0.25) is 0 Å². The number of hydrogen-bond donors (Lipinski definition) is 1.